The smallest absolute Gasteiger partial charge is 0.324 e. The molecule has 0 bridgehead atoms. The van der Waals surface area contributed by atoms with Crippen molar-refractivity contribution in [2.45, 2.75) is 6.92 Å². The molecule has 18 heavy (non-hydrogen) atoms. The summed E-state index contributed by atoms with van der Waals surface area (Å²) in [5.41, 5.74) is 0. The molecule has 0 aromatic rings. The third kappa shape index (κ3) is 3.10. The highest BCUT2D eigenvalue weighted by molar-refractivity contribution is 7.80. The molecule has 0 atom stereocenters. The number of imide groups is 1. The molecule has 1 aliphatic rings. The Bertz CT molecular complexity index is 410. The molecular weight excluding hydrogens is 258 g/mol. The standard InChI is InChI=1S/C10H13N3O4S/c1-2-12-3-4-13(9(16)8(12)15)10(17)11-5-7(14)6-18/h6H,2-5H2,1H3,(H,11,17). The number of rotatable bonds is 4. The number of carbonyl (C=O) groups is 4. The van der Waals surface area contributed by atoms with Gasteiger partial charge < -0.3 is 10.2 Å². The van der Waals surface area contributed by atoms with Crippen molar-refractivity contribution < 1.29 is 19.2 Å². The molecule has 1 saturated heterocycles. The maximum atomic E-state index is 11.6. The minimum Gasteiger partial charge on any atom is -0.333 e. The molecule has 1 N–H and O–H groups in total. The van der Waals surface area contributed by atoms with Crippen LogP contribution < -0.4 is 5.32 Å². The summed E-state index contributed by atoms with van der Waals surface area (Å²) >= 11 is 4.39. The maximum absolute atomic E-state index is 11.6. The van der Waals surface area contributed by atoms with E-state index in [0.717, 1.165) is 10.3 Å². The summed E-state index contributed by atoms with van der Waals surface area (Å²) in [6.07, 6.45) is 0. The number of likely N-dealkylation sites (N-methyl/N-ethyl adjacent to an activating group) is 1. The van der Waals surface area contributed by atoms with Crippen LogP contribution in [-0.4, -0.2) is 65.0 Å². The predicted octanol–water partition coefficient (Wildman–Crippen LogP) is -1.04. The van der Waals surface area contributed by atoms with Gasteiger partial charge in [0.1, 0.15) is 0 Å². The van der Waals surface area contributed by atoms with Crippen LogP contribution in [0.5, 0.6) is 0 Å². The van der Waals surface area contributed by atoms with Gasteiger partial charge in [-0.2, -0.15) is 0 Å². The molecule has 1 aliphatic heterocycles. The average molecular weight is 271 g/mol. The average Bonchev–Trinajstić information content (AvgIpc) is 2.38. The van der Waals surface area contributed by atoms with E-state index in [1.807, 2.05) is 0 Å². The first-order valence-electron chi connectivity index (χ1n) is 5.37. The summed E-state index contributed by atoms with van der Waals surface area (Å²) in [6, 6.07) is -0.755. The second-order valence-electron chi connectivity index (χ2n) is 3.58. The van der Waals surface area contributed by atoms with Crippen molar-refractivity contribution in [2.24, 2.45) is 0 Å². The zero-order valence-corrected chi connectivity index (χ0v) is 10.7. The lowest BCUT2D eigenvalue weighted by Gasteiger charge is -2.31. The molecule has 0 aliphatic carbocycles. The summed E-state index contributed by atoms with van der Waals surface area (Å²) < 4.78 is 0. The molecule has 1 fully saturated rings. The van der Waals surface area contributed by atoms with E-state index >= 15 is 0 Å². The van der Waals surface area contributed by atoms with Crippen LogP contribution in [-0.2, 0) is 14.4 Å². The van der Waals surface area contributed by atoms with E-state index < -0.39 is 23.6 Å². The highest BCUT2D eigenvalue weighted by Crippen LogP contribution is 2.04. The Labute approximate surface area is 109 Å². The van der Waals surface area contributed by atoms with Crippen LogP contribution in [0, 0.1) is 0 Å². The summed E-state index contributed by atoms with van der Waals surface area (Å²) in [4.78, 5) is 47.8. The molecule has 4 amide bonds. The van der Waals surface area contributed by atoms with Gasteiger partial charge in [0.05, 0.1) is 6.54 Å². The Kier molecular flexibility index (Phi) is 4.90. The van der Waals surface area contributed by atoms with Crippen LogP contribution in [0.25, 0.3) is 0 Å². The van der Waals surface area contributed by atoms with Crippen molar-refractivity contribution in [3.63, 3.8) is 0 Å². The second-order valence-corrected chi connectivity index (χ2v) is 3.82. The highest BCUT2D eigenvalue weighted by Gasteiger charge is 2.35. The zero-order chi connectivity index (χ0) is 13.7. The lowest BCUT2D eigenvalue weighted by atomic mass is 10.3. The third-order valence-electron chi connectivity index (χ3n) is 2.48. The van der Waals surface area contributed by atoms with Crippen LogP contribution >= 0.6 is 12.2 Å². The van der Waals surface area contributed by atoms with Gasteiger partial charge in [-0.05, 0) is 6.92 Å². The lowest BCUT2D eigenvalue weighted by Crippen LogP contribution is -2.58. The van der Waals surface area contributed by atoms with Gasteiger partial charge in [-0.15, -0.1) is 0 Å². The normalized spacial score (nSPS) is 15.6. The number of nitrogens with zero attached hydrogens (tertiary/aromatic N) is 2. The van der Waals surface area contributed by atoms with Crippen molar-refractivity contribution in [2.75, 3.05) is 26.2 Å². The Morgan fingerprint density at radius 2 is 2.00 bits per heavy atom. The predicted molar refractivity (Wildman–Crippen MR) is 66.0 cm³/mol. The van der Waals surface area contributed by atoms with E-state index in [-0.39, 0.29) is 13.1 Å². The third-order valence-corrected chi connectivity index (χ3v) is 2.74. The maximum Gasteiger partial charge on any atom is 0.324 e. The minimum atomic E-state index is -0.879. The van der Waals surface area contributed by atoms with Crippen LogP contribution in [0.1, 0.15) is 6.92 Å². The molecule has 0 unspecified atom stereocenters. The number of hydrogen-bond acceptors (Lipinski definition) is 5. The van der Waals surface area contributed by atoms with E-state index in [1.165, 1.54) is 4.90 Å². The number of ketones is 1. The van der Waals surface area contributed by atoms with Gasteiger partial charge in [0.25, 0.3) is 0 Å². The first-order chi connectivity index (χ1) is 8.51. The van der Waals surface area contributed by atoms with Crippen molar-refractivity contribution >= 4 is 41.2 Å². The Morgan fingerprint density at radius 1 is 1.33 bits per heavy atom. The monoisotopic (exact) mass is 271 g/mol. The van der Waals surface area contributed by atoms with Crippen LogP contribution in [0.15, 0.2) is 0 Å². The zero-order valence-electron chi connectivity index (χ0n) is 9.84. The van der Waals surface area contributed by atoms with E-state index in [0.29, 0.717) is 13.1 Å². The molecule has 0 spiro atoms. The van der Waals surface area contributed by atoms with Crippen molar-refractivity contribution in [1.82, 2.24) is 15.1 Å². The second kappa shape index (κ2) is 6.20. The van der Waals surface area contributed by atoms with E-state index in [4.69, 9.17) is 0 Å². The van der Waals surface area contributed by atoms with Gasteiger partial charge in [0, 0.05) is 25.0 Å². The Hall–Kier alpha value is -1.83. The fourth-order valence-corrected chi connectivity index (χ4v) is 1.55. The highest BCUT2D eigenvalue weighted by atomic mass is 32.1. The lowest BCUT2D eigenvalue weighted by molar-refractivity contribution is -0.153. The molecule has 0 aromatic heterocycles. The minimum absolute atomic E-state index is 0.121. The van der Waals surface area contributed by atoms with E-state index in [1.54, 1.807) is 6.92 Å². The molecular formula is C10H13N3O4S. The van der Waals surface area contributed by atoms with Crippen LogP contribution in [0.3, 0.4) is 0 Å². The van der Waals surface area contributed by atoms with Gasteiger partial charge in [0.15, 0.2) is 5.78 Å². The summed E-state index contributed by atoms with van der Waals surface area (Å²) in [5.74, 6) is -2.03. The number of piperazine rings is 1. The Balaban J connectivity index is 2.60. The fraction of sp³-hybridized carbons (Fsp3) is 0.500. The summed E-state index contributed by atoms with van der Waals surface area (Å²) in [7, 11) is 0. The molecule has 0 radical (unpaired) electrons. The first kappa shape index (κ1) is 14.2. The number of thiocarbonyl (C=S) groups is 1. The molecule has 0 saturated carbocycles. The SMILES string of the molecule is CCN1CCN(C(=O)NCC(=O)C=S)C(=O)C1=O. The summed E-state index contributed by atoms with van der Waals surface area (Å²) in [6.45, 7) is 2.31. The molecule has 98 valence electrons. The molecule has 1 rings (SSSR count). The Morgan fingerprint density at radius 3 is 2.56 bits per heavy atom. The van der Waals surface area contributed by atoms with Gasteiger partial charge in [-0.1, -0.05) is 12.2 Å². The number of urea groups is 1. The molecule has 8 heteroatoms. The topological polar surface area (TPSA) is 86.8 Å². The van der Waals surface area contributed by atoms with Crippen molar-refractivity contribution in [3.05, 3.63) is 0 Å². The number of hydrogen-bond donors (Lipinski definition) is 1. The summed E-state index contributed by atoms with van der Waals surface area (Å²) in [5, 5.41) is 3.14. The van der Waals surface area contributed by atoms with Gasteiger partial charge in [-0.3, -0.25) is 19.3 Å². The molecule has 0 aromatic carbocycles. The van der Waals surface area contributed by atoms with Crippen LogP contribution in [0.2, 0.25) is 0 Å². The molecule has 1 heterocycles. The fourth-order valence-electron chi connectivity index (χ4n) is 1.47. The van der Waals surface area contributed by atoms with E-state index in [2.05, 4.69) is 17.5 Å². The van der Waals surface area contributed by atoms with Crippen molar-refractivity contribution in [1.29, 1.82) is 0 Å². The number of amides is 4. The largest absolute Gasteiger partial charge is 0.333 e. The molecule has 7 nitrogen and oxygen atoms in total. The quantitative estimate of drug-likeness (QED) is 0.521. The van der Waals surface area contributed by atoms with Crippen LogP contribution in [0.4, 0.5) is 4.79 Å². The van der Waals surface area contributed by atoms with E-state index in [9.17, 15) is 19.2 Å². The van der Waals surface area contributed by atoms with Gasteiger partial charge in [0.2, 0.25) is 0 Å². The van der Waals surface area contributed by atoms with Crippen molar-refractivity contribution in [3.8, 4) is 0 Å². The van der Waals surface area contributed by atoms with Gasteiger partial charge >= 0.3 is 17.8 Å². The number of Topliss-reactive ketones (excluding diaryl/α,β-unsaturated/α-hetero) is 1. The number of carbonyl (C=O) groups excluding carboxylic acids is 4. The van der Waals surface area contributed by atoms with Gasteiger partial charge in [-0.25, -0.2) is 4.79 Å². The number of nitrogens with one attached hydrogen (secondary N) is 1. The first-order valence-corrected chi connectivity index (χ1v) is 5.85.